The van der Waals surface area contributed by atoms with E-state index >= 15 is 0 Å². The third kappa shape index (κ3) is 3.49. The maximum atomic E-state index is 5.90. The van der Waals surface area contributed by atoms with E-state index in [0.717, 1.165) is 5.75 Å². The number of hydrogen-bond acceptors (Lipinski definition) is 5. The van der Waals surface area contributed by atoms with Gasteiger partial charge < -0.3 is 15.8 Å². The molecule has 0 amide bonds. The quantitative estimate of drug-likeness (QED) is 0.640. The maximum absolute atomic E-state index is 5.90. The predicted octanol–water partition coefficient (Wildman–Crippen LogP) is 2.20. The summed E-state index contributed by atoms with van der Waals surface area (Å²) in [5.74, 6) is 1.34. The fourth-order valence-electron chi connectivity index (χ4n) is 1.39. The normalized spacial score (nSPS) is 10.1. The van der Waals surface area contributed by atoms with Crippen LogP contribution in [0.3, 0.4) is 0 Å². The predicted molar refractivity (Wildman–Crippen MR) is 71.9 cm³/mol. The van der Waals surface area contributed by atoms with Gasteiger partial charge in [0.15, 0.2) is 0 Å². The third-order valence-corrected chi connectivity index (χ3v) is 2.47. The smallest absolute Gasteiger partial charge is 0.148 e. The Morgan fingerprint density at radius 3 is 3.06 bits per heavy atom. The zero-order valence-electron chi connectivity index (χ0n) is 9.64. The number of aromatic nitrogens is 2. The molecule has 0 saturated heterocycles. The molecule has 1 aromatic carbocycles. The van der Waals surface area contributed by atoms with Gasteiger partial charge in [-0.25, -0.2) is 9.97 Å². The van der Waals surface area contributed by atoms with Crippen LogP contribution in [0.25, 0.3) is 0 Å². The highest BCUT2D eigenvalue weighted by Gasteiger charge is 2.00. The van der Waals surface area contributed by atoms with Crippen molar-refractivity contribution in [1.82, 2.24) is 9.97 Å². The second-order valence-corrected chi connectivity index (χ2v) is 3.97. The first-order chi connectivity index (χ1) is 8.75. The van der Waals surface area contributed by atoms with Crippen LogP contribution >= 0.6 is 11.6 Å². The summed E-state index contributed by atoms with van der Waals surface area (Å²) in [7, 11) is 0. The number of nitrogens with one attached hydrogen (secondary N) is 1. The lowest BCUT2D eigenvalue weighted by atomic mass is 10.3. The molecule has 0 radical (unpaired) electrons. The van der Waals surface area contributed by atoms with Crippen molar-refractivity contribution in [3.8, 4) is 5.75 Å². The molecule has 0 unspecified atom stereocenters. The van der Waals surface area contributed by atoms with E-state index in [1.54, 1.807) is 6.07 Å². The average molecular weight is 265 g/mol. The number of ether oxygens (including phenoxy) is 1. The van der Waals surface area contributed by atoms with E-state index in [-0.39, 0.29) is 0 Å². The molecule has 2 aromatic rings. The molecule has 0 saturated carbocycles. The second kappa shape index (κ2) is 6.07. The first-order valence-electron chi connectivity index (χ1n) is 5.43. The zero-order chi connectivity index (χ0) is 12.8. The maximum Gasteiger partial charge on any atom is 0.148 e. The number of rotatable bonds is 5. The molecule has 0 bridgehead atoms. The topological polar surface area (TPSA) is 73.1 Å². The van der Waals surface area contributed by atoms with Crippen molar-refractivity contribution in [2.24, 2.45) is 0 Å². The monoisotopic (exact) mass is 264 g/mol. The molecule has 6 heteroatoms. The summed E-state index contributed by atoms with van der Waals surface area (Å²) >= 11 is 5.90. The highest BCUT2D eigenvalue weighted by molar-refractivity contribution is 6.32. The lowest BCUT2D eigenvalue weighted by Gasteiger charge is -2.08. The highest BCUT2D eigenvalue weighted by Crippen LogP contribution is 2.16. The minimum Gasteiger partial charge on any atom is -0.492 e. The Labute approximate surface area is 110 Å². The van der Waals surface area contributed by atoms with E-state index in [9.17, 15) is 0 Å². The number of hydrogen-bond donors (Lipinski definition) is 2. The molecule has 0 aliphatic rings. The van der Waals surface area contributed by atoms with Crippen molar-refractivity contribution in [3.63, 3.8) is 0 Å². The molecular weight excluding hydrogens is 252 g/mol. The van der Waals surface area contributed by atoms with Crippen molar-refractivity contribution >= 4 is 23.1 Å². The minimum atomic E-state index is 0.487. The Bertz CT molecular complexity index is 521. The summed E-state index contributed by atoms with van der Waals surface area (Å²) in [5, 5.41) is 3.55. The van der Waals surface area contributed by atoms with Crippen LogP contribution in [-0.4, -0.2) is 23.1 Å². The van der Waals surface area contributed by atoms with Crippen LogP contribution < -0.4 is 15.8 Å². The van der Waals surface area contributed by atoms with Gasteiger partial charge in [-0.05, 0) is 12.1 Å². The van der Waals surface area contributed by atoms with Crippen LogP contribution in [0.1, 0.15) is 0 Å². The van der Waals surface area contributed by atoms with Crippen LogP contribution in [0, 0.1) is 0 Å². The average Bonchev–Trinajstić information content (AvgIpc) is 2.37. The number of anilines is 2. The number of benzene rings is 1. The Hall–Kier alpha value is -2.01. The Kier molecular flexibility index (Phi) is 4.20. The molecule has 0 fully saturated rings. The second-order valence-electron chi connectivity index (χ2n) is 3.57. The molecule has 3 N–H and O–H groups in total. The van der Waals surface area contributed by atoms with Gasteiger partial charge in [0.25, 0.3) is 0 Å². The number of halogens is 1. The fourth-order valence-corrected chi connectivity index (χ4v) is 1.56. The van der Waals surface area contributed by atoms with Gasteiger partial charge in [0.1, 0.15) is 29.5 Å². The minimum absolute atomic E-state index is 0.487. The fraction of sp³-hybridized carbons (Fsp3) is 0.167. The zero-order valence-corrected chi connectivity index (χ0v) is 10.4. The van der Waals surface area contributed by atoms with Gasteiger partial charge in [-0.2, -0.15) is 0 Å². The van der Waals surface area contributed by atoms with E-state index in [2.05, 4.69) is 15.3 Å². The summed E-state index contributed by atoms with van der Waals surface area (Å²) in [4.78, 5) is 7.81. The van der Waals surface area contributed by atoms with Crippen molar-refractivity contribution < 1.29 is 4.74 Å². The SMILES string of the molecule is Nc1cccc(OCCNc2ncncc2Cl)c1. The van der Waals surface area contributed by atoms with Crippen LogP contribution in [0.2, 0.25) is 5.02 Å². The lowest BCUT2D eigenvalue weighted by Crippen LogP contribution is -2.12. The van der Waals surface area contributed by atoms with E-state index in [1.165, 1.54) is 12.5 Å². The van der Waals surface area contributed by atoms with Gasteiger partial charge in [0.05, 0.1) is 12.7 Å². The van der Waals surface area contributed by atoms with Crippen molar-refractivity contribution in [1.29, 1.82) is 0 Å². The third-order valence-electron chi connectivity index (χ3n) is 2.19. The molecular formula is C12H13ClN4O. The summed E-state index contributed by atoms with van der Waals surface area (Å²) in [6.07, 6.45) is 2.97. The first kappa shape index (κ1) is 12.4. The van der Waals surface area contributed by atoms with E-state index in [4.69, 9.17) is 22.1 Å². The molecule has 18 heavy (non-hydrogen) atoms. The van der Waals surface area contributed by atoms with E-state index in [0.29, 0.717) is 29.7 Å². The van der Waals surface area contributed by atoms with Gasteiger partial charge in [0.2, 0.25) is 0 Å². The molecule has 2 rings (SSSR count). The van der Waals surface area contributed by atoms with Crippen molar-refractivity contribution in [2.45, 2.75) is 0 Å². The summed E-state index contributed by atoms with van der Waals surface area (Å²) in [6, 6.07) is 7.29. The van der Waals surface area contributed by atoms with Gasteiger partial charge in [0, 0.05) is 11.8 Å². The van der Waals surface area contributed by atoms with Crippen LogP contribution in [0.15, 0.2) is 36.8 Å². The largest absolute Gasteiger partial charge is 0.492 e. The van der Waals surface area contributed by atoms with Crippen LogP contribution in [-0.2, 0) is 0 Å². The van der Waals surface area contributed by atoms with Gasteiger partial charge in [-0.1, -0.05) is 17.7 Å². The first-order valence-corrected chi connectivity index (χ1v) is 5.81. The Morgan fingerprint density at radius 2 is 2.28 bits per heavy atom. The van der Waals surface area contributed by atoms with Crippen LogP contribution in [0.5, 0.6) is 5.75 Å². The standard InChI is InChI=1S/C12H13ClN4O/c13-11-7-15-8-17-12(11)16-4-5-18-10-3-1-2-9(14)6-10/h1-3,6-8H,4-5,14H2,(H,15,16,17). The van der Waals surface area contributed by atoms with Gasteiger partial charge in [-0.15, -0.1) is 0 Å². The molecule has 0 aliphatic carbocycles. The summed E-state index contributed by atoms with van der Waals surface area (Å²) in [6.45, 7) is 1.08. The van der Waals surface area contributed by atoms with Crippen molar-refractivity contribution in [3.05, 3.63) is 41.8 Å². The summed E-state index contributed by atoms with van der Waals surface area (Å²) in [5.41, 5.74) is 6.32. The summed E-state index contributed by atoms with van der Waals surface area (Å²) < 4.78 is 5.52. The Morgan fingerprint density at radius 1 is 1.39 bits per heavy atom. The highest BCUT2D eigenvalue weighted by atomic mass is 35.5. The van der Waals surface area contributed by atoms with E-state index in [1.807, 2.05) is 18.2 Å². The molecule has 5 nitrogen and oxygen atoms in total. The number of nitrogens with zero attached hydrogens (tertiary/aromatic N) is 2. The molecule has 1 heterocycles. The van der Waals surface area contributed by atoms with Gasteiger partial charge in [-0.3, -0.25) is 0 Å². The Balaban J connectivity index is 1.78. The van der Waals surface area contributed by atoms with E-state index < -0.39 is 0 Å². The molecule has 94 valence electrons. The number of nitrogen functional groups attached to an aromatic ring is 1. The van der Waals surface area contributed by atoms with Crippen molar-refractivity contribution in [2.75, 3.05) is 24.2 Å². The molecule has 1 aromatic heterocycles. The van der Waals surface area contributed by atoms with Gasteiger partial charge >= 0.3 is 0 Å². The lowest BCUT2D eigenvalue weighted by molar-refractivity contribution is 0.333. The molecule has 0 atom stereocenters. The van der Waals surface area contributed by atoms with Crippen LogP contribution in [0.4, 0.5) is 11.5 Å². The number of nitrogens with two attached hydrogens (primary N) is 1. The molecule has 0 spiro atoms. The molecule has 0 aliphatic heterocycles.